The first-order chi connectivity index (χ1) is 10.2. The van der Waals surface area contributed by atoms with Gasteiger partial charge in [0.25, 0.3) is 0 Å². The van der Waals surface area contributed by atoms with Crippen LogP contribution in [0.5, 0.6) is 0 Å². The Morgan fingerprint density at radius 1 is 1.14 bits per heavy atom. The highest BCUT2D eigenvalue weighted by molar-refractivity contribution is 5.32. The Bertz CT molecular complexity index is 477. The van der Waals surface area contributed by atoms with Crippen molar-refractivity contribution in [2.45, 2.75) is 39.3 Å². The third kappa shape index (κ3) is 3.15. The van der Waals surface area contributed by atoms with Gasteiger partial charge in [-0.25, -0.2) is 0 Å². The Labute approximate surface area is 129 Å². The molecule has 2 bridgehead atoms. The highest BCUT2D eigenvalue weighted by atomic mass is 15.4. The molecule has 2 unspecified atom stereocenters. The number of hydrogen-bond acceptors (Lipinski definition) is 3. The van der Waals surface area contributed by atoms with Crippen molar-refractivity contribution in [3.05, 3.63) is 34.9 Å². The summed E-state index contributed by atoms with van der Waals surface area (Å²) in [5.74, 6) is 0. The van der Waals surface area contributed by atoms with Crippen LogP contribution in [-0.4, -0.2) is 55.1 Å². The Balaban J connectivity index is 1.84. The van der Waals surface area contributed by atoms with Crippen LogP contribution < -0.4 is 5.32 Å². The number of fused-ring (bicyclic) bond motifs is 3. The van der Waals surface area contributed by atoms with Gasteiger partial charge < -0.3 is 5.32 Å². The van der Waals surface area contributed by atoms with E-state index in [1.54, 1.807) is 0 Å². The maximum atomic E-state index is 3.82. The van der Waals surface area contributed by atoms with Crippen molar-refractivity contribution in [2.24, 2.45) is 0 Å². The van der Waals surface area contributed by atoms with Gasteiger partial charge in [0.15, 0.2) is 0 Å². The van der Waals surface area contributed by atoms with Gasteiger partial charge in [0.05, 0.1) is 0 Å². The first kappa shape index (κ1) is 15.0. The predicted molar refractivity (Wildman–Crippen MR) is 88.8 cm³/mol. The van der Waals surface area contributed by atoms with Gasteiger partial charge in [-0.1, -0.05) is 25.1 Å². The van der Waals surface area contributed by atoms with Crippen LogP contribution in [-0.2, 0) is 0 Å². The van der Waals surface area contributed by atoms with Crippen LogP contribution in [0.25, 0.3) is 0 Å². The number of nitrogens with zero attached hydrogens (tertiary/aromatic N) is 2. The smallest absolute Gasteiger partial charge is 0.0490 e. The minimum absolute atomic E-state index is 0.465. The van der Waals surface area contributed by atoms with Crippen LogP contribution in [0.4, 0.5) is 0 Å². The van der Waals surface area contributed by atoms with Crippen LogP contribution in [0.2, 0.25) is 0 Å². The SMILES string of the molecule is CCCNC(c1ccc(C)c(C)c1)C1CN2CCN1CC2. The summed E-state index contributed by atoms with van der Waals surface area (Å²) >= 11 is 0. The van der Waals surface area contributed by atoms with E-state index in [0.717, 1.165) is 6.54 Å². The molecular weight excluding hydrogens is 258 g/mol. The third-order valence-electron chi connectivity index (χ3n) is 5.21. The average molecular weight is 287 g/mol. The molecule has 0 radical (unpaired) electrons. The number of benzene rings is 1. The topological polar surface area (TPSA) is 18.5 Å². The van der Waals surface area contributed by atoms with Gasteiger partial charge in [0, 0.05) is 44.8 Å². The minimum atomic E-state index is 0.465. The molecule has 1 N–H and O–H groups in total. The fourth-order valence-electron chi connectivity index (χ4n) is 3.71. The van der Waals surface area contributed by atoms with Gasteiger partial charge in [-0.15, -0.1) is 0 Å². The predicted octanol–water partition coefficient (Wildman–Crippen LogP) is 2.34. The molecule has 0 aromatic heterocycles. The maximum absolute atomic E-state index is 3.82. The summed E-state index contributed by atoms with van der Waals surface area (Å²) in [6.07, 6.45) is 1.19. The lowest BCUT2D eigenvalue weighted by atomic mass is 9.92. The fourth-order valence-corrected chi connectivity index (χ4v) is 3.71. The van der Waals surface area contributed by atoms with Crippen molar-refractivity contribution in [3.63, 3.8) is 0 Å². The minimum Gasteiger partial charge on any atom is -0.309 e. The van der Waals surface area contributed by atoms with Crippen LogP contribution in [0.3, 0.4) is 0 Å². The molecule has 116 valence electrons. The second-order valence-electron chi connectivity index (χ2n) is 6.68. The summed E-state index contributed by atoms with van der Waals surface area (Å²) in [4.78, 5) is 5.33. The normalized spacial score (nSPS) is 29.6. The van der Waals surface area contributed by atoms with Gasteiger partial charge in [-0.2, -0.15) is 0 Å². The summed E-state index contributed by atoms with van der Waals surface area (Å²) < 4.78 is 0. The molecule has 2 atom stereocenters. The lowest BCUT2D eigenvalue weighted by Gasteiger charge is -2.50. The van der Waals surface area contributed by atoms with Crippen molar-refractivity contribution < 1.29 is 0 Å². The van der Waals surface area contributed by atoms with E-state index < -0.39 is 0 Å². The number of piperazine rings is 3. The number of hydrogen-bond donors (Lipinski definition) is 1. The summed E-state index contributed by atoms with van der Waals surface area (Å²) in [6.45, 7) is 14.0. The molecule has 4 rings (SSSR count). The average Bonchev–Trinajstić information content (AvgIpc) is 2.52. The van der Waals surface area contributed by atoms with Gasteiger partial charge in [-0.05, 0) is 43.5 Å². The monoisotopic (exact) mass is 287 g/mol. The summed E-state index contributed by atoms with van der Waals surface area (Å²) in [7, 11) is 0. The molecule has 3 aliphatic heterocycles. The lowest BCUT2D eigenvalue weighted by molar-refractivity contribution is -0.00365. The second-order valence-corrected chi connectivity index (χ2v) is 6.68. The van der Waals surface area contributed by atoms with Gasteiger partial charge in [0.1, 0.15) is 0 Å². The highest BCUT2D eigenvalue weighted by Crippen LogP contribution is 2.28. The van der Waals surface area contributed by atoms with Crippen LogP contribution in [0.1, 0.15) is 36.1 Å². The van der Waals surface area contributed by atoms with Gasteiger partial charge >= 0.3 is 0 Å². The number of rotatable bonds is 5. The summed E-state index contributed by atoms with van der Waals surface area (Å²) in [5, 5.41) is 3.82. The molecule has 3 heteroatoms. The highest BCUT2D eigenvalue weighted by Gasteiger charge is 2.37. The Morgan fingerprint density at radius 2 is 1.90 bits per heavy atom. The maximum Gasteiger partial charge on any atom is 0.0490 e. The summed E-state index contributed by atoms with van der Waals surface area (Å²) in [6, 6.07) is 8.09. The third-order valence-corrected chi connectivity index (χ3v) is 5.21. The van der Waals surface area contributed by atoms with E-state index in [-0.39, 0.29) is 0 Å². The van der Waals surface area contributed by atoms with E-state index in [0.29, 0.717) is 12.1 Å². The van der Waals surface area contributed by atoms with E-state index in [4.69, 9.17) is 0 Å². The molecule has 21 heavy (non-hydrogen) atoms. The Morgan fingerprint density at radius 3 is 2.48 bits per heavy atom. The molecule has 1 aromatic rings. The molecule has 3 heterocycles. The van der Waals surface area contributed by atoms with Crippen LogP contribution >= 0.6 is 0 Å². The molecule has 0 spiro atoms. The van der Waals surface area contributed by atoms with E-state index in [1.165, 1.54) is 55.8 Å². The van der Waals surface area contributed by atoms with Crippen molar-refractivity contribution in [1.82, 2.24) is 15.1 Å². The van der Waals surface area contributed by atoms with E-state index >= 15 is 0 Å². The second kappa shape index (κ2) is 6.47. The lowest BCUT2D eigenvalue weighted by Crippen LogP contribution is -2.64. The van der Waals surface area contributed by atoms with Gasteiger partial charge in [0.2, 0.25) is 0 Å². The number of aryl methyl sites for hydroxylation is 2. The van der Waals surface area contributed by atoms with E-state index in [2.05, 4.69) is 54.1 Å². The van der Waals surface area contributed by atoms with Crippen molar-refractivity contribution in [1.29, 1.82) is 0 Å². The number of nitrogens with one attached hydrogen (secondary N) is 1. The fraction of sp³-hybridized carbons (Fsp3) is 0.667. The molecule has 3 nitrogen and oxygen atoms in total. The Hall–Kier alpha value is -0.900. The van der Waals surface area contributed by atoms with E-state index in [1.807, 2.05) is 0 Å². The summed E-state index contributed by atoms with van der Waals surface area (Å²) in [5.41, 5.74) is 4.26. The molecule has 0 saturated carbocycles. The zero-order valence-corrected chi connectivity index (χ0v) is 13.7. The largest absolute Gasteiger partial charge is 0.309 e. The molecular formula is C18H29N3. The molecule has 0 aliphatic carbocycles. The van der Waals surface area contributed by atoms with E-state index in [9.17, 15) is 0 Å². The first-order valence-electron chi connectivity index (χ1n) is 8.46. The first-order valence-corrected chi connectivity index (χ1v) is 8.46. The van der Waals surface area contributed by atoms with Crippen molar-refractivity contribution in [3.8, 4) is 0 Å². The zero-order chi connectivity index (χ0) is 14.8. The molecule has 3 fully saturated rings. The van der Waals surface area contributed by atoms with Crippen LogP contribution in [0, 0.1) is 13.8 Å². The molecule has 3 aliphatic rings. The molecule has 1 aromatic carbocycles. The zero-order valence-electron chi connectivity index (χ0n) is 13.7. The van der Waals surface area contributed by atoms with Crippen molar-refractivity contribution >= 4 is 0 Å². The molecule has 3 saturated heterocycles. The quantitative estimate of drug-likeness (QED) is 0.897. The standard InChI is InChI=1S/C18H29N3/c1-4-7-19-18(16-6-5-14(2)15(3)12-16)17-13-20-8-10-21(17)11-9-20/h5-6,12,17-19H,4,7-11,13H2,1-3H3. The van der Waals surface area contributed by atoms with Crippen LogP contribution in [0.15, 0.2) is 18.2 Å². The van der Waals surface area contributed by atoms with Crippen molar-refractivity contribution in [2.75, 3.05) is 39.3 Å². The molecule has 0 amide bonds. The Kier molecular flexibility index (Phi) is 4.63. The van der Waals surface area contributed by atoms with Gasteiger partial charge in [-0.3, -0.25) is 9.80 Å².